The van der Waals surface area contributed by atoms with Gasteiger partial charge in [-0.05, 0) is 20.9 Å². The van der Waals surface area contributed by atoms with Gasteiger partial charge in [-0.1, -0.05) is 0 Å². The van der Waals surface area contributed by atoms with Gasteiger partial charge in [-0.25, -0.2) is 4.98 Å². The van der Waals surface area contributed by atoms with E-state index in [0.717, 1.165) is 12.2 Å². The SMILES string of the molecule is COC(=O)[C@@H]1Cc2ncn(C(C)C)c2CN1C. The van der Waals surface area contributed by atoms with Crippen molar-refractivity contribution in [1.82, 2.24) is 14.5 Å². The molecule has 0 spiro atoms. The number of aromatic nitrogens is 2. The van der Waals surface area contributed by atoms with Crippen LogP contribution in [-0.2, 0) is 22.5 Å². The van der Waals surface area contributed by atoms with Gasteiger partial charge in [0.05, 0.1) is 24.8 Å². The molecule has 0 aromatic carbocycles. The van der Waals surface area contributed by atoms with E-state index < -0.39 is 0 Å². The molecule has 0 aliphatic carbocycles. The van der Waals surface area contributed by atoms with Gasteiger partial charge in [0.2, 0.25) is 0 Å². The Kier molecular flexibility index (Phi) is 3.19. The maximum Gasteiger partial charge on any atom is 0.323 e. The number of hydrogen-bond donors (Lipinski definition) is 0. The molecule has 1 aliphatic heterocycles. The highest BCUT2D eigenvalue weighted by molar-refractivity contribution is 5.76. The van der Waals surface area contributed by atoms with Gasteiger partial charge in [-0.2, -0.15) is 0 Å². The molecule has 5 nitrogen and oxygen atoms in total. The Hall–Kier alpha value is -1.36. The van der Waals surface area contributed by atoms with Crippen LogP contribution in [-0.4, -0.2) is 40.6 Å². The van der Waals surface area contributed by atoms with E-state index in [-0.39, 0.29) is 12.0 Å². The van der Waals surface area contributed by atoms with Crippen LogP contribution in [0.3, 0.4) is 0 Å². The Morgan fingerprint density at radius 2 is 2.29 bits per heavy atom. The molecule has 0 N–H and O–H groups in total. The lowest BCUT2D eigenvalue weighted by Gasteiger charge is -2.31. The Morgan fingerprint density at radius 3 is 2.88 bits per heavy atom. The fraction of sp³-hybridized carbons (Fsp3) is 0.667. The van der Waals surface area contributed by atoms with Crippen molar-refractivity contribution < 1.29 is 9.53 Å². The van der Waals surface area contributed by atoms with Crippen LogP contribution in [0.25, 0.3) is 0 Å². The first kappa shape index (κ1) is 12.1. The highest BCUT2D eigenvalue weighted by atomic mass is 16.5. The van der Waals surface area contributed by atoms with Gasteiger partial charge in [-0.15, -0.1) is 0 Å². The molecule has 0 bridgehead atoms. The summed E-state index contributed by atoms with van der Waals surface area (Å²) < 4.78 is 6.98. The minimum atomic E-state index is -0.206. The third-order valence-corrected chi connectivity index (χ3v) is 3.33. The van der Waals surface area contributed by atoms with Crippen molar-refractivity contribution in [3.8, 4) is 0 Å². The molecule has 5 heteroatoms. The van der Waals surface area contributed by atoms with Crippen molar-refractivity contribution in [2.75, 3.05) is 14.2 Å². The summed E-state index contributed by atoms with van der Waals surface area (Å²) >= 11 is 0. The van der Waals surface area contributed by atoms with Crippen molar-refractivity contribution in [2.24, 2.45) is 0 Å². The van der Waals surface area contributed by atoms with E-state index in [1.54, 1.807) is 0 Å². The number of imidazole rings is 1. The number of methoxy groups -OCH3 is 1. The van der Waals surface area contributed by atoms with Gasteiger partial charge < -0.3 is 9.30 Å². The lowest BCUT2D eigenvalue weighted by molar-refractivity contribution is -0.147. The fourth-order valence-electron chi connectivity index (χ4n) is 2.30. The number of fused-ring (bicyclic) bond motifs is 1. The third kappa shape index (κ3) is 2.07. The molecule has 0 fully saturated rings. The normalized spacial score (nSPS) is 20.4. The van der Waals surface area contributed by atoms with Crippen molar-refractivity contribution in [2.45, 2.75) is 38.9 Å². The molecule has 0 saturated heterocycles. The molecular weight excluding hydrogens is 218 g/mol. The van der Waals surface area contributed by atoms with Crippen LogP contribution >= 0.6 is 0 Å². The van der Waals surface area contributed by atoms with Gasteiger partial charge >= 0.3 is 5.97 Å². The minimum absolute atomic E-state index is 0.183. The van der Waals surface area contributed by atoms with Gasteiger partial charge in [-0.3, -0.25) is 9.69 Å². The molecule has 2 rings (SSSR count). The predicted octanol–water partition coefficient (Wildman–Crippen LogP) is 0.993. The molecule has 0 radical (unpaired) electrons. The Morgan fingerprint density at radius 1 is 1.59 bits per heavy atom. The van der Waals surface area contributed by atoms with E-state index in [1.165, 1.54) is 12.8 Å². The monoisotopic (exact) mass is 237 g/mol. The molecule has 0 unspecified atom stereocenters. The van der Waals surface area contributed by atoms with E-state index in [0.29, 0.717) is 12.5 Å². The summed E-state index contributed by atoms with van der Waals surface area (Å²) in [6.45, 7) is 5.01. The minimum Gasteiger partial charge on any atom is -0.468 e. The van der Waals surface area contributed by atoms with Gasteiger partial charge in [0.1, 0.15) is 6.04 Å². The predicted molar refractivity (Wildman–Crippen MR) is 63.6 cm³/mol. The van der Waals surface area contributed by atoms with Crippen molar-refractivity contribution in [3.63, 3.8) is 0 Å². The summed E-state index contributed by atoms with van der Waals surface area (Å²) in [5.74, 6) is -0.183. The number of likely N-dealkylation sites (N-methyl/N-ethyl adjacent to an activating group) is 1. The topological polar surface area (TPSA) is 47.4 Å². The number of rotatable bonds is 2. The zero-order valence-corrected chi connectivity index (χ0v) is 10.8. The first-order valence-corrected chi connectivity index (χ1v) is 5.87. The maximum absolute atomic E-state index is 11.6. The maximum atomic E-state index is 11.6. The Balaban J connectivity index is 2.28. The van der Waals surface area contributed by atoms with Gasteiger partial charge in [0.15, 0.2) is 0 Å². The van der Waals surface area contributed by atoms with Crippen LogP contribution in [0, 0.1) is 0 Å². The number of carbonyl (C=O) groups is 1. The van der Waals surface area contributed by atoms with E-state index in [4.69, 9.17) is 4.74 Å². The quantitative estimate of drug-likeness (QED) is 0.720. The lowest BCUT2D eigenvalue weighted by Crippen LogP contribution is -2.44. The molecule has 94 valence electrons. The largest absolute Gasteiger partial charge is 0.468 e. The fourth-order valence-corrected chi connectivity index (χ4v) is 2.30. The molecule has 2 heterocycles. The Bertz CT molecular complexity index is 425. The van der Waals surface area contributed by atoms with E-state index >= 15 is 0 Å². The summed E-state index contributed by atoms with van der Waals surface area (Å²) in [4.78, 5) is 18.1. The summed E-state index contributed by atoms with van der Waals surface area (Å²) in [5, 5.41) is 0. The standard InChI is InChI=1S/C12H19N3O2/c1-8(2)15-7-13-9-5-10(12(16)17-4)14(3)6-11(9)15/h7-8,10H,5-6H2,1-4H3/t10-/m0/s1. The van der Waals surface area contributed by atoms with Crippen LogP contribution in [0.4, 0.5) is 0 Å². The number of hydrogen-bond acceptors (Lipinski definition) is 4. The molecule has 1 aliphatic rings. The van der Waals surface area contributed by atoms with Crippen molar-refractivity contribution >= 4 is 5.97 Å². The first-order chi connectivity index (χ1) is 8.04. The van der Waals surface area contributed by atoms with Crippen LogP contribution in [0.5, 0.6) is 0 Å². The number of nitrogens with zero attached hydrogens (tertiary/aromatic N) is 3. The van der Waals surface area contributed by atoms with Crippen molar-refractivity contribution in [3.05, 3.63) is 17.7 Å². The second-order valence-electron chi connectivity index (χ2n) is 4.80. The van der Waals surface area contributed by atoms with Gasteiger partial charge in [0.25, 0.3) is 0 Å². The molecule has 1 atom stereocenters. The molecule has 0 amide bonds. The Labute approximate surface area is 101 Å². The average molecular weight is 237 g/mol. The number of carbonyl (C=O) groups excluding carboxylic acids is 1. The molecule has 1 aromatic rings. The smallest absolute Gasteiger partial charge is 0.323 e. The molecule has 1 aromatic heterocycles. The molecule has 0 saturated carbocycles. The number of esters is 1. The highest BCUT2D eigenvalue weighted by Gasteiger charge is 2.32. The van der Waals surface area contributed by atoms with Crippen molar-refractivity contribution in [1.29, 1.82) is 0 Å². The lowest BCUT2D eigenvalue weighted by atomic mass is 10.0. The zero-order valence-electron chi connectivity index (χ0n) is 10.8. The van der Waals surface area contributed by atoms with Crippen LogP contribution in [0.15, 0.2) is 6.33 Å². The van der Waals surface area contributed by atoms with E-state index in [2.05, 4.69) is 23.4 Å². The summed E-state index contributed by atoms with van der Waals surface area (Å²) in [7, 11) is 3.38. The van der Waals surface area contributed by atoms with E-state index in [1.807, 2.05) is 18.3 Å². The second-order valence-corrected chi connectivity index (χ2v) is 4.80. The van der Waals surface area contributed by atoms with E-state index in [9.17, 15) is 4.79 Å². The first-order valence-electron chi connectivity index (χ1n) is 5.87. The highest BCUT2D eigenvalue weighted by Crippen LogP contribution is 2.24. The molecular formula is C12H19N3O2. The van der Waals surface area contributed by atoms with Crippen LogP contribution in [0.1, 0.15) is 31.3 Å². The van der Waals surface area contributed by atoms with Crippen LogP contribution in [0.2, 0.25) is 0 Å². The average Bonchev–Trinajstić information content (AvgIpc) is 2.69. The summed E-state index contributed by atoms with van der Waals surface area (Å²) in [6.07, 6.45) is 2.50. The summed E-state index contributed by atoms with van der Waals surface area (Å²) in [6, 6.07) is 0.192. The van der Waals surface area contributed by atoms with Crippen LogP contribution < -0.4 is 0 Å². The number of ether oxygens (including phenoxy) is 1. The zero-order chi connectivity index (χ0) is 12.6. The second kappa shape index (κ2) is 4.49. The summed E-state index contributed by atoms with van der Waals surface area (Å²) in [5.41, 5.74) is 2.23. The van der Waals surface area contributed by atoms with Gasteiger partial charge in [0, 0.05) is 19.0 Å². The third-order valence-electron chi connectivity index (χ3n) is 3.33. The molecule has 17 heavy (non-hydrogen) atoms.